The second kappa shape index (κ2) is 13.3. The maximum atomic E-state index is 5.40. The molecule has 0 heterocycles. The largest absolute Gasteiger partial charge is 0.497 e. The molecule has 0 radical (unpaired) electrons. The Morgan fingerprint density at radius 2 is 0.533 bits per heavy atom. The molecule has 0 fully saturated rings. The van der Waals surface area contributed by atoms with E-state index in [1.165, 1.54) is 5.56 Å². The molecule has 0 aromatic heterocycles. The topological polar surface area (TPSA) is 34.2 Å². The lowest BCUT2D eigenvalue weighted by molar-refractivity contribution is 0.414. The van der Waals surface area contributed by atoms with Gasteiger partial charge in [-0.05, 0) is 127 Å². The van der Waals surface area contributed by atoms with Gasteiger partial charge in [0, 0.05) is 34.1 Å². The number of hydrogen-bond donors (Lipinski definition) is 0. The Labute approximate surface area is 265 Å². The van der Waals surface area contributed by atoms with Crippen molar-refractivity contribution in [3.8, 4) is 28.4 Å². The van der Waals surface area contributed by atoms with Gasteiger partial charge in [-0.2, -0.15) is 0 Å². The Hall–Kier alpha value is -5.68. The van der Waals surface area contributed by atoms with E-state index in [4.69, 9.17) is 14.2 Å². The van der Waals surface area contributed by atoms with Crippen LogP contribution < -0.4 is 24.0 Å². The van der Waals surface area contributed by atoms with Crippen LogP contribution in [0.3, 0.4) is 0 Å². The van der Waals surface area contributed by atoms with Crippen molar-refractivity contribution in [2.24, 2.45) is 0 Å². The van der Waals surface area contributed by atoms with Gasteiger partial charge in [0.25, 0.3) is 0 Å². The van der Waals surface area contributed by atoms with Crippen LogP contribution in [0.25, 0.3) is 11.1 Å². The van der Waals surface area contributed by atoms with Crippen molar-refractivity contribution in [2.75, 3.05) is 31.1 Å². The maximum absolute atomic E-state index is 5.40. The third-order valence-corrected chi connectivity index (χ3v) is 7.87. The van der Waals surface area contributed by atoms with Gasteiger partial charge in [0.2, 0.25) is 0 Å². The first-order valence-electron chi connectivity index (χ1n) is 14.9. The van der Waals surface area contributed by atoms with Crippen molar-refractivity contribution in [3.05, 3.63) is 151 Å². The van der Waals surface area contributed by atoms with E-state index in [-0.39, 0.29) is 0 Å². The first kappa shape index (κ1) is 29.4. The van der Waals surface area contributed by atoms with Crippen molar-refractivity contribution in [1.82, 2.24) is 0 Å². The summed E-state index contributed by atoms with van der Waals surface area (Å²) in [4.78, 5) is 4.48. The number of aryl methyl sites for hydroxylation is 1. The van der Waals surface area contributed by atoms with Crippen LogP contribution in [-0.4, -0.2) is 21.3 Å². The van der Waals surface area contributed by atoms with Crippen molar-refractivity contribution >= 4 is 34.1 Å². The van der Waals surface area contributed by atoms with E-state index in [0.717, 1.165) is 62.5 Å². The summed E-state index contributed by atoms with van der Waals surface area (Å²) in [6, 6.07) is 50.3. The minimum absolute atomic E-state index is 0.820. The number of hydrogen-bond acceptors (Lipinski definition) is 5. The normalized spacial score (nSPS) is 10.7. The number of ether oxygens (including phenoxy) is 3. The predicted molar refractivity (Wildman–Crippen MR) is 186 cm³/mol. The number of rotatable bonds is 10. The van der Waals surface area contributed by atoms with Gasteiger partial charge >= 0.3 is 0 Å². The van der Waals surface area contributed by atoms with E-state index < -0.39 is 0 Å². The summed E-state index contributed by atoms with van der Waals surface area (Å²) in [6.45, 7) is 2.11. The van der Waals surface area contributed by atoms with Crippen LogP contribution in [0.2, 0.25) is 0 Å². The van der Waals surface area contributed by atoms with E-state index in [0.29, 0.717) is 0 Å². The highest BCUT2D eigenvalue weighted by Crippen LogP contribution is 2.39. The molecule has 0 saturated heterocycles. The van der Waals surface area contributed by atoms with E-state index in [1.807, 2.05) is 36.4 Å². The number of nitrogens with zero attached hydrogens (tertiary/aromatic N) is 2. The Morgan fingerprint density at radius 3 is 0.778 bits per heavy atom. The van der Waals surface area contributed by atoms with Crippen molar-refractivity contribution in [1.29, 1.82) is 0 Å². The first-order valence-corrected chi connectivity index (χ1v) is 14.9. The second-order valence-electron chi connectivity index (χ2n) is 10.7. The Morgan fingerprint density at radius 1 is 0.311 bits per heavy atom. The molecule has 0 unspecified atom stereocenters. The molecule has 5 heteroatoms. The standard InChI is InChI=1S/C40H36N2O3/c1-29-5-11-32(12-6-29)41(35-17-23-38(43-2)24-18-35)33-13-7-30(8-14-33)31-9-15-34(16-10-31)42(36-19-25-39(44-3)26-20-36)37-21-27-40(45-4)28-22-37/h5-28H,1-4H3. The molecule has 0 aliphatic carbocycles. The molecule has 0 amide bonds. The highest BCUT2D eigenvalue weighted by atomic mass is 16.5. The number of anilines is 6. The fourth-order valence-corrected chi connectivity index (χ4v) is 5.39. The molecule has 0 N–H and O–H groups in total. The number of methoxy groups -OCH3 is 3. The molecule has 224 valence electrons. The smallest absolute Gasteiger partial charge is 0.119 e. The van der Waals surface area contributed by atoms with Crippen molar-refractivity contribution in [3.63, 3.8) is 0 Å². The SMILES string of the molecule is COc1ccc(N(c2ccc(C)cc2)c2ccc(-c3ccc(N(c4ccc(OC)cc4)c4ccc(OC)cc4)cc3)cc2)cc1. The van der Waals surface area contributed by atoms with Crippen molar-refractivity contribution < 1.29 is 14.2 Å². The lowest BCUT2D eigenvalue weighted by Crippen LogP contribution is -2.10. The zero-order valence-electron chi connectivity index (χ0n) is 26.0. The van der Waals surface area contributed by atoms with E-state index in [9.17, 15) is 0 Å². The Balaban J connectivity index is 1.31. The van der Waals surface area contributed by atoms with Gasteiger partial charge in [-0.3, -0.25) is 0 Å². The molecule has 6 aromatic carbocycles. The predicted octanol–water partition coefficient (Wildman–Crippen LogP) is 10.6. The minimum atomic E-state index is 0.820. The molecule has 0 atom stereocenters. The summed E-state index contributed by atoms with van der Waals surface area (Å²) < 4.78 is 16.2. The quantitative estimate of drug-likeness (QED) is 0.158. The average molecular weight is 593 g/mol. The van der Waals surface area contributed by atoms with Gasteiger partial charge in [0.1, 0.15) is 17.2 Å². The molecule has 0 spiro atoms. The van der Waals surface area contributed by atoms with Crippen LogP contribution in [0.4, 0.5) is 34.1 Å². The summed E-state index contributed by atoms with van der Waals surface area (Å²) >= 11 is 0. The van der Waals surface area contributed by atoms with Gasteiger partial charge in [-0.1, -0.05) is 42.0 Å². The molecule has 5 nitrogen and oxygen atoms in total. The summed E-state index contributed by atoms with van der Waals surface area (Å²) in [7, 11) is 5.05. The Kier molecular flexibility index (Phi) is 8.70. The van der Waals surface area contributed by atoms with Crippen LogP contribution in [0.1, 0.15) is 5.56 Å². The molecule has 0 bridgehead atoms. The third kappa shape index (κ3) is 6.48. The molecule has 6 rings (SSSR count). The van der Waals surface area contributed by atoms with Crippen LogP contribution in [-0.2, 0) is 0 Å². The summed E-state index contributed by atoms with van der Waals surface area (Å²) in [5.41, 5.74) is 9.87. The monoisotopic (exact) mass is 592 g/mol. The first-order chi connectivity index (χ1) is 22.1. The second-order valence-corrected chi connectivity index (χ2v) is 10.7. The molecule has 45 heavy (non-hydrogen) atoms. The highest BCUT2D eigenvalue weighted by Gasteiger charge is 2.15. The molecular weight excluding hydrogens is 556 g/mol. The summed E-state index contributed by atoms with van der Waals surface area (Å²) in [6.07, 6.45) is 0. The highest BCUT2D eigenvalue weighted by molar-refractivity contribution is 5.81. The summed E-state index contributed by atoms with van der Waals surface area (Å²) in [5.74, 6) is 2.47. The lowest BCUT2D eigenvalue weighted by atomic mass is 10.0. The van der Waals surface area contributed by atoms with E-state index >= 15 is 0 Å². The third-order valence-electron chi connectivity index (χ3n) is 7.87. The maximum Gasteiger partial charge on any atom is 0.119 e. The van der Waals surface area contributed by atoms with E-state index in [2.05, 4.69) is 126 Å². The molecule has 0 saturated carbocycles. The zero-order valence-corrected chi connectivity index (χ0v) is 26.0. The molecular formula is C40H36N2O3. The molecule has 6 aromatic rings. The van der Waals surface area contributed by atoms with E-state index in [1.54, 1.807) is 21.3 Å². The lowest BCUT2D eigenvalue weighted by Gasteiger charge is -2.26. The van der Waals surface area contributed by atoms with Gasteiger partial charge in [-0.15, -0.1) is 0 Å². The van der Waals surface area contributed by atoms with Gasteiger partial charge in [-0.25, -0.2) is 0 Å². The summed E-state index contributed by atoms with van der Waals surface area (Å²) in [5, 5.41) is 0. The van der Waals surface area contributed by atoms with Crippen LogP contribution in [0, 0.1) is 6.92 Å². The van der Waals surface area contributed by atoms with Crippen LogP contribution in [0.15, 0.2) is 146 Å². The Bertz CT molecular complexity index is 1770. The van der Waals surface area contributed by atoms with Crippen LogP contribution in [0.5, 0.6) is 17.2 Å². The van der Waals surface area contributed by atoms with Gasteiger partial charge < -0.3 is 24.0 Å². The number of benzene rings is 6. The minimum Gasteiger partial charge on any atom is -0.497 e. The zero-order chi connectivity index (χ0) is 31.2. The molecule has 0 aliphatic heterocycles. The molecule has 0 aliphatic rings. The van der Waals surface area contributed by atoms with Crippen molar-refractivity contribution in [2.45, 2.75) is 6.92 Å². The van der Waals surface area contributed by atoms with Crippen LogP contribution >= 0.6 is 0 Å². The van der Waals surface area contributed by atoms with Gasteiger partial charge in [0.15, 0.2) is 0 Å². The average Bonchev–Trinajstić information content (AvgIpc) is 3.11. The fourth-order valence-electron chi connectivity index (χ4n) is 5.39. The fraction of sp³-hybridized carbons (Fsp3) is 0.100. The van der Waals surface area contributed by atoms with Gasteiger partial charge in [0.05, 0.1) is 21.3 Å².